The zero-order chi connectivity index (χ0) is 15.4. The number of fused-ring (bicyclic) bond motifs is 3. The van der Waals surface area contributed by atoms with Crippen LogP contribution in [0.4, 0.5) is 4.39 Å². The minimum atomic E-state index is -0.447. The van der Waals surface area contributed by atoms with Gasteiger partial charge in [-0.05, 0) is 31.9 Å². The van der Waals surface area contributed by atoms with Crippen LogP contribution in [0.25, 0.3) is 15.2 Å². The molecule has 1 aliphatic rings. The van der Waals surface area contributed by atoms with Gasteiger partial charge in [0.05, 0.1) is 27.5 Å². The summed E-state index contributed by atoms with van der Waals surface area (Å²) in [5.41, 5.74) is 2.02. The highest BCUT2D eigenvalue weighted by molar-refractivity contribution is 7.24. The Morgan fingerprint density at radius 2 is 2.32 bits per heavy atom. The Morgan fingerprint density at radius 3 is 3.00 bits per heavy atom. The number of carbonyl (C=O) groups excluding carboxylic acids is 1. The summed E-state index contributed by atoms with van der Waals surface area (Å²) in [6.07, 6.45) is 2.04. The van der Waals surface area contributed by atoms with Crippen molar-refractivity contribution in [2.75, 3.05) is 6.61 Å². The Hall–Kier alpha value is -1.66. The summed E-state index contributed by atoms with van der Waals surface area (Å²) in [5.74, 6) is -0.546. The SMILES string of the molecule is CCOC(=O)c1nc2sc3c(Cl)c(F)ccc3n2c1C1CC1. The van der Waals surface area contributed by atoms with Gasteiger partial charge >= 0.3 is 5.97 Å². The number of rotatable bonds is 3. The number of benzene rings is 1. The van der Waals surface area contributed by atoms with E-state index < -0.39 is 11.8 Å². The van der Waals surface area contributed by atoms with E-state index in [9.17, 15) is 9.18 Å². The third-order valence-corrected chi connectivity index (χ3v) is 5.33. The number of hydrogen-bond acceptors (Lipinski definition) is 4. The Balaban J connectivity index is 2.03. The van der Waals surface area contributed by atoms with E-state index in [0.29, 0.717) is 27.9 Å². The van der Waals surface area contributed by atoms with Gasteiger partial charge in [0.2, 0.25) is 0 Å². The number of ether oxygens (including phenoxy) is 1. The Bertz CT molecular complexity index is 913. The standard InChI is InChI=1S/C15H12ClFN2O2S/c1-2-21-14(20)11-12(7-3-4-7)19-9-6-5-8(17)10(16)13(9)22-15(19)18-11/h5-7H,2-4H2,1H3. The molecule has 1 aliphatic carbocycles. The zero-order valence-electron chi connectivity index (χ0n) is 11.7. The van der Waals surface area contributed by atoms with Crippen molar-refractivity contribution < 1.29 is 13.9 Å². The number of hydrogen-bond donors (Lipinski definition) is 0. The molecule has 2 heterocycles. The van der Waals surface area contributed by atoms with Gasteiger partial charge in [-0.1, -0.05) is 22.9 Å². The summed E-state index contributed by atoms with van der Waals surface area (Å²) < 4.78 is 21.3. The van der Waals surface area contributed by atoms with Crippen molar-refractivity contribution in [1.82, 2.24) is 9.38 Å². The summed E-state index contributed by atoms with van der Waals surface area (Å²) >= 11 is 7.35. The molecule has 0 saturated heterocycles. The maximum atomic E-state index is 13.6. The van der Waals surface area contributed by atoms with Crippen LogP contribution < -0.4 is 0 Å². The maximum absolute atomic E-state index is 13.6. The van der Waals surface area contributed by atoms with Gasteiger partial charge in [-0.2, -0.15) is 0 Å². The average Bonchev–Trinajstić information content (AvgIpc) is 3.16. The molecule has 1 aromatic carbocycles. The van der Waals surface area contributed by atoms with Gasteiger partial charge in [0.1, 0.15) is 5.82 Å². The highest BCUT2D eigenvalue weighted by Gasteiger charge is 2.35. The summed E-state index contributed by atoms with van der Waals surface area (Å²) in [5, 5.41) is 0.104. The number of nitrogens with zero attached hydrogens (tertiary/aromatic N) is 2. The van der Waals surface area contributed by atoms with Gasteiger partial charge in [0.25, 0.3) is 0 Å². The molecule has 114 valence electrons. The minimum absolute atomic E-state index is 0.104. The van der Waals surface area contributed by atoms with E-state index >= 15 is 0 Å². The lowest BCUT2D eigenvalue weighted by molar-refractivity contribution is 0.0519. The number of halogens is 2. The molecular weight excluding hydrogens is 327 g/mol. The highest BCUT2D eigenvalue weighted by atomic mass is 35.5. The molecule has 1 saturated carbocycles. The molecule has 2 aromatic heterocycles. The molecule has 7 heteroatoms. The molecule has 3 aromatic rings. The third kappa shape index (κ3) is 1.94. The lowest BCUT2D eigenvalue weighted by Crippen LogP contribution is -2.08. The zero-order valence-corrected chi connectivity index (χ0v) is 13.3. The first kappa shape index (κ1) is 14.0. The second-order valence-electron chi connectivity index (χ2n) is 5.27. The van der Waals surface area contributed by atoms with E-state index in [1.807, 2.05) is 4.40 Å². The van der Waals surface area contributed by atoms with Crippen LogP contribution in [0.2, 0.25) is 5.02 Å². The quantitative estimate of drug-likeness (QED) is 0.665. The molecule has 0 N–H and O–H groups in total. The van der Waals surface area contributed by atoms with Crippen LogP contribution in [0.3, 0.4) is 0 Å². The molecule has 4 rings (SSSR count). The Morgan fingerprint density at radius 1 is 1.55 bits per heavy atom. The number of thiazole rings is 1. The second-order valence-corrected chi connectivity index (χ2v) is 6.63. The monoisotopic (exact) mass is 338 g/mol. The molecule has 1 fully saturated rings. The van der Waals surface area contributed by atoms with E-state index in [-0.39, 0.29) is 5.02 Å². The highest BCUT2D eigenvalue weighted by Crippen LogP contribution is 2.45. The van der Waals surface area contributed by atoms with Gasteiger partial charge in [-0.25, -0.2) is 14.2 Å². The molecule has 0 bridgehead atoms. The van der Waals surface area contributed by atoms with Crippen molar-refractivity contribution in [2.45, 2.75) is 25.7 Å². The number of imidazole rings is 1. The van der Waals surface area contributed by atoms with Crippen molar-refractivity contribution in [1.29, 1.82) is 0 Å². The van der Waals surface area contributed by atoms with E-state index in [2.05, 4.69) is 4.98 Å². The van der Waals surface area contributed by atoms with Crippen LogP contribution in [-0.4, -0.2) is 22.0 Å². The predicted molar refractivity (Wildman–Crippen MR) is 83.5 cm³/mol. The molecule has 22 heavy (non-hydrogen) atoms. The fourth-order valence-corrected chi connectivity index (χ4v) is 4.02. The molecule has 0 spiro atoms. The van der Waals surface area contributed by atoms with Crippen LogP contribution in [-0.2, 0) is 4.74 Å². The first-order valence-corrected chi connectivity index (χ1v) is 8.27. The van der Waals surface area contributed by atoms with Gasteiger partial charge in [-0.15, -0.1) is 0 Å². The summed E-state index contributed by atoms with van der Waals surface area (Å²) in [6.45, 7) is 2.08. The molecule has 0 amide bonds. The summed E-state index contributed by atoms with van der Waals surface area (Å²) in [6, 6.07) is 3.03. The van der Waals surface area contributed by atoms with E-state index in [4.69, 9.17) is 16.3 Å². The van der Waals surface area contributed by atoms with Crippen LogP contribution in [0.5, 0.6) is 0 Å². The lowest BCUT2D eigenvalue weighted by atomic mass is 10.2. The fraction of sp³-hybridized carbons (Fsp3) is 0.333. The third-order valence-electron chi connectivity index (χ3n) is 3.78. The van der Waals surface area contributed by atoms with Gasteiger partial charge in [0, 0.05) is 5.92 Å². The molecule has 0 unspecified atom stereocenters. The van der Waals surface area contributed by atoms with Crippen LogP contribution in [0.15, 0.2) is 12.1 Å². The molecule has 0 radical (unpaired) electrons. The first-order chi connectivity index (χ1) is 10.6. The van der Waals surface area contributed by atoms with Gasteiger partial charge in [0.15, 0.2) is 10.7 Å². The first-order valence-electron chi connectivity index (χ1n) is 7.07. The summed E-state index contributed by atoms with van der Waals surface area (Å²) in [4.78, 5) is 17.2. The van der Waals surface area contributed by atoms with Crippen LogP contribution >= 0.6 is 22.9 Å². The second kappa shape index (κ2) is 4.93. The van der Waals surface area contributed by atoms with Crippen molar-refractivity contribution in [3.05, 3.63) is 34.4 Å². The fourth-order valence-electron chi connectivity index (χ4n) is 2.68. The molecule has 4 nitrogen and oxygen atoms in total. The largest absolute Gasteiger partial charge is 0.461 e. The normalized spacial score (nSPS) is 14.9. The maximum Gasteiger partial charge on any atom is 0.358 e. The van der Waals surface area contributed by atoms with Gasteiger partial charge < -0.3 is 4.74 Å². The van der Waals surface area contributed by atoms with Crippen molar-refractivity contribution in [3.63, 3.8) is 0 Å². The Kier molecular flexibility index (Phi) is 3.13. The molecular formula is C15H12ClFN2O2S. The van der Waals surface area contributed by atoms with E-state index in [0.717, 1.165) is 24.1 Å². The lowest BCUT2D eigenvalue weighted by Gasteiger charge is -2.04. The number of carbonyl (C=O) groups is 1. The van der Waals surface area contributed by atoms with Crippen LogP contribution in [0, 0.1) is 5.82 Å². The van der Waals surface area contributed by atoms with Crippen molar-refractivity contribution >= 4 is 44.1 Å². The average molecular weight is 339 g/mol. The van der Waals surface area contributed by atoms with E-state index in [1.54, 1.807) is 13.0 Å². The molecule has 0 aliphatic heterocycles. The molecule has 0 atom stereocenters. The minimum Gasteiger partial charge on any atom is -0.461 e. The Labute approximate surface area is 134 Å². The number of esters is 1. The predicted octanol–water partition coefficient (Wildman–Crippen LogP) is 4.40. The van der Waals surface area contributed by atoms with Crippen molar-refractivity contribution in [3.8, 4) is 0 Å². The van der Waals surface area contributed by atoms with Crippen LogP contribution in [0.1, 0.15) is 41.9 Å². The van der Waals surface area contributed by atoms with Crippen molar-refractivity contribution in [2.24, 2.45) is 0 Å². The smallest absolute Gasteiger partial charge is 0.358 e. The summed E-state index contributed by atoms with van der Waals surface area (Å²) in [7, 11) is 0. The van der Waals surface area contributed by atoms with E-state index in [1.165, 1.54) is 17.4 Å². The number of aromatic nitrogens is 2. The topological polar surface area (TPSA) is 43.6 Å². The van der Waals surface area contributed by atoms with Gasteiger partial charge in [-0.3, -0.25) is 4.40 Å².